The highest BCUT2D eigenvalue weighted by Gasteiger charge is 2.27. The van der Waals surface area contributed by atoms with Gasteiger partial charge in [0.1, 0.15) is 5.78 Å². The molecule has 1 aromatic heterocycles. The molecule has 1 saturated carbocycles. The smallest absolute Gasteiger partial charge is 0.141 e. The van der Waals surface area contributed by atoms with Crippen LogP contribution in [0.1, 0.15) is 57.3 Å². The SMILES string of the molecule is CCc1nn(C)c(CC(=O)C2CCC(CC)CC2)c1Cl. The molecule has 0 saturated heterocycles. The molecule has 0 aromatic carbocycles. The maximum absolute atomic E-state index is 12.5. The van der Waals surface area contributed by atoms with Crippen molar-refractivity contribution in [3.8, 4) is 0 Å². The number of hydrogen-bond acceptors (Lipinski definition) is 2. The molecule has 0 amide bonds. The second kappa shape index (κ2) is 6.75. The first-order valence-electron chi connectivity index (χ1n) is 7.79. The number of nitrogens with zero attached hydrogens (tertiary/aromatic N) is 2. The van der Waals surface area contributed by atoms with Crippen molar-refractivity contribution in [2.24, 2.45) is 18.9 Å². The van der Waals surface area contributed by atoms with E-state index in [0.717, 1.165) is 36.6 Å². The topological polar surface area (TPSA) is 34.9 Å². The first-order valence-corrected chi connectivity index (χ1v) is 8.17. The zero-order valence-electron chi connectivity index (χ0n) is 12.8. The van der Waals surface area contributed by atoms with Crippen LogP contribution in [0.3, 0.4) is 0 Å². The van der Waals surface area contributed by atoms with Crippen LogP contribution < -0.4 is 0 Å². The molecule has 0 unspecified atom stereocenters. The third-order valence-electron chi connectivity index (χ3n) is 4.72. The summed E-state index contributed by atoms with van der Waals surface area (Å²) >= 11 is 6.32. The fraction of sp³-hybridized carbons (Fsp3) is 0.750. The van der Waals surface area contributed by atoms with Crippen molar-refractivity contribution in [1.29, 1.82) is 0 Å². The van der Waals surface area contributed by atoms with E-state index in [1.54, 1.807) is 4.68 Å². The van der Waals surface area contributed by atoms with Crippen LogP contribution in [-0.4, -0.2) is 15.6 Å². The van der Waals surface area contributed by atoms with E-state index in [9.17, 15) is 4.79 Å². The standard InChI is InChI=1S/C16H25ClN2O/c1-4-11-6-8-12(9-7-11)15(20)10-14-16(17)13(5-2)18-19(14)3/h11-12H,4-10H2,1-3H3. The summed E-state index contributed by atoms with van der Waals surface area (Å²) in [5.41, 5.74) is 1.78. The molecular weight excluding hydrogens is 272 g/mol. The fourth-order valence-corrected chi connectivity index (χ4v) is 3.57. The predicted octanol–water partition coefficient (Wildman–Crippen LogP) is 3.96. The summed E-state index contributed by atoms with van der Waals surface area (Å²) in [4.78, 5) is 12.5. The first kappa shape index (κ1) is 15.6. The lowest BCUT2D eigenvalue weighted by Gasteiger charge is -2.26. The molecule has 0 N–H and O–H groups in total. The van der Waals surface area contributed by atoms with Crippen LogP contribution in [-0.2, 0) is 24.7 Å². The third-order valence-corrected chi connectivity index (χ3v) is 5.16. The number of carbonyl (C=O) groups excluding carboxylic acids is 1. The molecule has 1 aliphatic carbocycles. The van der Waals surface area contributed by atoms with Gasteiger partial charge < -0.3 is 0 Å². The number of hydrogen-bond donors (Lipinski definition) is 0. The number of rotatable bonds is 5. The first-order chi connectivity index (χ1) is 9.56. The van der Waals surface area contributed by atoms with E-state index in [2.05, 4.69) is 12.0 Å². The van der Waals surface area contributed by atoms with Crippen molar-refractivity contribution in [3.05, 3.63) is 16.4 Å². The van der Waals surface area contributed by atoms with Crippen LogP contribution in [0, 0.1) is 11.8 Å². The molecule has 1 aromatic rings. The molecule has 0 spiro atoms. The van der Waals surface area contributed by atoms with Gasteiger partial charge in [-0.15, -0.1) is 0 Å². The van der Waals surface area contributed by atoms with Gasteiger partial charge in [-0.2, -0.15) is 5.10 Å². The molecule has 2 rings (SSSR count). The summed E-state index contributed by atoms with van der Waals surface area (Å²) in [6.07, 6.45) is 6.99. The van der Waals surface area contributed by atoms with Crippen molar-refractivity contribution in [2.45, 2.75) is 58.8 Å². The molecule has 0 atom stereocenters. The van der Waals surface area contributed by atoms with Crippen molar-refractivity contribution in [3.63, 3.8) is 0 Å². The zero-order valence-corrected chi connectivity index (χ0v) is 13.5. The lowest BCUT2D eigenvalue weighted by atomic mass is 9.78. The second-order valence-corrected chi connectivity index (χ2v) is 6.33. The van der Waals surface area contributed by atoms with Crippen LogP contribution in [0.15, 0.2) is 0 Å². The number of halogens is 1. The summed E-state index contributed by atoms with van der Waals surface area (Å²) in [6.45, 7) is 4.28. The second-order valence-electron chi connectivity index (χ2n) is 5.95. The fourth-order valence-electron chi connectivity index (χ4n) is 3.21. The van der Waals surface area contributed by atoms with Gasteiger partial charge >= 0.3 is 0 Å². The van der Waals surface area contributed by atoms with Crippen LogP contribution in [0.25, 0.3) is 0 Å². The Morgan fingerprint density at radius 3 is 2.45 bits per heavy atom. The maximum atomic E-state index is 12.5. The van der Waals surface area contributed by atoms with E-state index >= 15 is 0 Å². The highest BCUT2D eigenvalue weighted by molar-refractivity contribution is 6.32. The molecule has 112 valence electrons. The Kier molecular flexibility index (Phi) is 5.25. The number of aromatic nitrogens is 2. The van der Waals surface area contributed by atoms with Gasteiger partial charge in [-0.05, 0) is 38.0 Å². The monoisotopic (exact) mass is 296 g/mol. The van der Waals surface area contributed by atoms with Gasteiger partial charge in [-0.1, -0.05) is 31.9 Å². The summed E-state index contributed by atoms with van der Waals surface area (Å²) in [5.74, 6) is 1.40. The molecule has 1 aliphatic rings. The zero-order chi connectivity index (χ0) is 14.7. The van der Waals surface area contributed by atoms with Gasteiger partial charge in [-0.25, -0.2) is 0 Å². The van der Waals surface area contributed by atoms with E-state index in [4.69, 9.17) is 11.6 Å². The molecule has 4 heteroatoms. The minimum atomic E-state index is 0.230. The van der Waals surface area contributed by atoms with Crippen LogP contribution in [0.4, 0.5) is 0 Å². The van der Waals surface area contributed by atoms with Gasteiger partial charge in [0.2, 0.25) is 0 Å². The van der Waals surface area contributed by atoms with Gasteiger partial charge in [0.15, 0.2) is 0 Å². The van der Waals surface area contributed by atoms with E-state index in [1.807, 2.05) is 14.0 Å². The van der Waals surface area contributed by atoms with Crippen molar-refractivity contribution < 1.29 is 4.79 Å². The molecule has 1 fully saturated rings. The predicted molar refractivity (Wildman–Crippen MR) is 82.0 cm³/mol. The minimum Gasteiger partial charge on any atom is -0.299 e. The van der Waals surface area contributed by atoms with Gasteiger partial charge in [0.05, 0.1) is 22.8 Å². The molecule has 0 aliphatic heterocycles. The van der Waals surface area contributed by atoms with Gasteiger partial charge in [0.25, 0.3) is 0 Å². The van der Waals surface area contributed by atoms with Gasteiger partial charge in [0, 0.05) is 13.0 Å². The Balaban J connectivity index is 2.00. The Bertz CT molecular complexity index is 473. The highest BCUT2D eigenvalue weighted by atomic mass is 35.5. The lowest BCUT2D eigenvalue weighted by Crippen LogP contribution is -2.23. The molecule has 0 bridgehead atoms. The molecule has 3 nitrogen and oxygen atoms in total. The Morgan fingerprint density at radius 1 is 1.30 bits per heavy atom. The van der Waals surface area contributed by atoms with E-state index in [-0.39, 0.29) is 5.92 Å². The summed E-state index contributed by atoms with van der Waals surface area (Å²) in [5, 5.41) is 5.07. The van der Waals surface area contributed by atoms with Crippen molar-refractivity contribution >= 4 is 17.4 Å². The summed E-state index contributed by atoms with van der Waals surface area (Å²) < 4.78 is 1.77. The molecule has 0 radical (unpaired) electrons. The normalized spacial score (nSPS) is 23.0. The number of carbonyl (C=O) groups is 1. The molecule has 20 heavy (non-hydrogen) atoms. The summed E-state index contributed by atoms with van der Waals surface area (Å²) in [6, 6.07) is 0. The van der Waals surface area contributed by atoms with Crippen LogP contribution >= 0.6 is 11.6 Å². The highest BCUT2D eigenvalue weighted by Crippen LogP contribution is 2.32. The van der Waals surface area contributed by atoms with Crippen molar-refractivity contribution in [2.75, 3.05) is 0 Å². The number of Topliss-reactive ketones (excluding diaryl/α,β-unsaturated/α-hetero) is 1. The van der Waals surface area contributed by atoms with Crippen LogP contribution in [0.2, 0.25) is 5.02 Å². The minimum absolute atomic E-state index is 0.230. The maximum Gasteiger partial charge on any atom is 0.141 e. The van der Waals surface area contributed by atoms with E-state index < -0.39 is 0 Å². The van der Waals surface area contributed by atoms with Gasteiger partial charge in [-0.3, -0.25) is 9.48 Å². The number of aryl methyl sites for hydroxylation is 2. The summed E-state index contributed by atoms with van der Waals surface area (Å²) in [7, 11) is 1.88. The molecule has 1 heterocycles. The van der Waals surface area contributed by atoms with E-state index in [0.29, 0.717) is 17.2 Å². The average Bonchev–Trinajstić information content (AvgIpc) is 2.74. The largest absolute Gasteiger partial charge is 0.299 e. The van der Waals surface area contributed by atoms with Crippen LogP contribution in [0.5, 0.6) is 0 Å². The van der Waals surface area contributed by atoms with Crippen molar-refractivity contribution in [1.82, 2.24) is 9.78 Å². The Morgan fingerprint density at radius 2 is 1.95 bits per heavy atom. The Labute approximate surface area is 126 Å². The average molecular weight is 297 g/mol. The number of ketones is 1. The third kappa shape index (κ3) is 3.25. The quantitative estimate of drug-likeness (QED) is 0.824. The lowest BCUT2D eigenvalue weighted by molar-refractivity contribution is -0.123. The molecular formula is C16H25ClN2O. The Hall–Kier alpha value is -0.830. The van der Waals surface area contributed by atoms with E-state index in [1.165, 1.54) is 19.3 Å².